The van der Waals surface area contributed by atoms with Crippen LogP contribution in [0, 0.1) is 17.5 Å². The Kier molecular flexibility index (Phi) is 2.47. The Hall–Kier alpha value is -1.29. The van der Waals surface area contributed by atoms with Crippen molar-refractivity contribution in [3.63, 3.8) is 0 Å². The molecular weight excluding hydrogens is 227 g/mol. The SMILES string of the molecule is Fc1ccc(C2=CC3CCC(C2)N3)c(F)c1F. The van der Waals surface area contributed by atoms with Crippen LogP contribution in [0.2, 0.25) is 0 Å². The highest BCUT2D eigenvalue weighted by Gasteiger charge is 2.29. The molecule has 1 aromatic carbocycles. The highest BCUT2D eigenvalue weighted by Crippen LogP contribution is 2.33. The zero-order valence-corrected chi connectivity index (χ0v) is 9.14. The van der Waals surface area contributed by atoms with Crippen molar-refractivity contribution in [2.45, 2.75) is 31.3 Å². The molecule has 17 heavy (non-hydrogen) atoms. The summed E-state index contributed by atoms with van der Waals surface area (Å²) >= 11 is 0. The summed E-state index contributed by atoms with van der Waals surface area (Å²) in [6, 6.07) is 2.90. The van der Waals surface area contributed by atoms with Crippen LogP contribution < -0.4 is 5.32 Å². The van der Waals surface area contributed by atoms with Gasteiger partial charge in [-0.15, -0.1) is 0 Å². The second-order valence-electron chi connectivity index (χ2n) is 4.67. The molecule has 2 aliphatic rings. The van der Waals surface area contributed by atoms with Crippen LogP contribution in [-0.2, 0) is 0 Å². The van der Waals surface area contributed by atoms with Gasteiger partial charge in [-0.25, -0.2) is 13.2 Å². The number of hydrogen-bond donors (Lipinski definition) is 1. The Bertz CT molecular complexity index is 496. The molecule has 90 valence electrons. The minimum Gasteiger partial charge on any atom is -0.307 e. The first-order chi connectivity index (χ1) is 8.15. The van der Waals surface area contributed by atoms with Gasteiger partial charge in [-0.1, -0.05) is 6.08 Å². The van der Waals surface area contributed by atoms with Crippen molar-refractivity contribution in [3.05, 3.63) is 41.2 Å². The van der Waals surface area contributed by atoms with Crippen molar-refractivity contribution in [1.82, 2.24) is 5.32 Å². The van der Waals surface area contributed by atoms with Crippen LogP contribution in [0.15, 0.2) is 18.2 Å². The van der Waals surface area contributed by atoms with Crippen LogP contribution in [0.1, 0.15) is 24.8 Å². The van der Waals surface area contributed by atoms with Gasteiger partial charge in [-0.05, 0) is 37.0 Å². The topological polar surface area (TPSA) is 12.0 Å². The van der Waals surface area contributed by atoms with Gasteiger partial charge in [0.1, 0.15) is 0 Å². The zero-order chi connectivity index (χ0) is 12.0. The van der Waals surface area contributed by atoms with Crippen LogP contribution in [-0.4, -0.2) is 12.1 Å². The van der Waals surface area contributed by atoms with Crippen LogP contribution >= 0.6 is 0 Å². The molecule has 1 aromatic rings. The van der Waals surface area contributed by atoms with E-state index >= 15 is 0 Å². The highest BCUT2D eigenvalue weighted by atomic mass is 19.2. The average Bonchev–Trinajstić information content (AvgIpc) is 2.65. The molecule has 2 atom stereocenters. The van der Waals surface area contributed by atoms with Crippen molar-refractivity contribution in [1.29, 1.82) is 0 Å². The van der Waals surface area contributed by atoms with Crippen LogP contribution in [0.3, 0.4) is 0 Å². The summed E-state index contributed by atoms with van der Waals surface area (Å²) < 4.78 is 39.7. The Morgan fingerprint density at radius 2 is 1.88 bits per heavy atom. The summed E-state index contributed by atoms with van der Waals surface area (Å²) in [6.07, 6.45) is 4.69. The minimum atomic E-state index is -1.38. The Morgan fingerprint density at radius 1 is 1.06 bits per heavy atom. The van der Waals surface area contributed by atoms with E-state index in [-0.39, 0.29) is 11.6 Å². The molecule has 0 radical (unpaired) electrons. The summed E-state index contributed by atoms with van der Waals surface area (Å²) in [4.78, 5) is 0. The van der Waals surface area contributed by atoms with Gasteiger partial charge in [0.2, 0.25) is 0 Å². The Morgan fingerprint density at radius 3 is 2.65 bits per heavy atom. The largest absolute Gasteiger partial charge is 0.307 e. The van der Waals surface area contributed by atoms with E-state index in [0.29, 0.717) is 12.5 Å². The first-order valence-corrected chi connectivity index (χ1v) is 5.76. The molecule has 3 rings (SSSR count). The van der Waals surface area contributed by atoms with Crippen molar-refractivity contribution in [3.8, 4) is 0 Å². The van der Waals surface area contributed by atoms with Gasteiger partial charge in [-0.2, -0.15) is 0 Å². The molecule has 0 spiro atoms. The highest BCUT2D eigenvalue weighted by molar-refractivity contribution is 5.68. The third-order valence-electron chi connectivity index (χ3n) is 3.53. The lowest BCUT2D eigenvalue weighted by Crippen LogP contribution is -2.32. The third kappa shape index (κ3) is 1.76. The number of benzene rings is 1. The van der Waals surface area contributed by atoms with Crippen LogP contribution in [0.4, 0.5) is 13.2 Å². The number of hydrogen-bond acceptors (Lipinski definition) is 1. The molecule has 2 aliphatic heterocycles. The molecular formula is C13H12F3N. The van der Waals surface area contributed by atoms with Crippen LogP contribution in [0.5, 0.6) is 0 Å². The molecule has 1 saturated heterocycles. The van der Waals surface area contributed by atoms with Crippen LogP contribution in [0.25, 0.3) is 5.57 Å². The number of fused-ring (bicyclic) bond motifs is 2. The smallest absolute Gasteiger partial charge is 0.195 e. The first kappa shape index (κ1) is 10.8. The fraction of sp³-hybridized carbons (Fsp3) is 0.385. The lowest BCUT2D eigenvalue weighted by Gasteiger charge is -2.21. The predicted octanol–water partition coefficient (Wildman–Crippen LogP) is 3.01. The minimum absolute atomic E-state index is 0.197. The molecule has 0 aliphatic carbocycles. The summed E-state index contributed by atoms with van der Waals surface area (Å²) in [7, 11) is 0. The molecule has 2 unspecified atom stereocenters. The van der Waals surface area contributed by atoms with E-state index in [1.807, 2.05) is 6.08 Å². The van der Waals surface area contributed by atoms with Gasteiger partial charge in [0.15, 0.2) is 17.5 Å². The lowest BCUT2D eigenvalue weighted by molar-refractivity contribution is 0.444. The van der Waals surface area contributed by atoms with E-state index in [0.717, 1.165) is 24.5 Å². The molecule has 4 heteroatoms. The average molecular weight is 239 g/mol. The molecule has 1 N–H and O–H groups in total. The molecule has 1 fully saturated rings. The van der Waals surface area contributed by atoms with E-state index in [1.54, 1.807) is 0 Å². The number of halogens is 3. The molecule has 2 heterocycles. The quantitative estimate of drug-likeness (QED) is 0.743. The van der Waals surface area contributed by atoms with Gasteiger partial charge in [0, 0.05) is 17.6 Å². The maximum atomic E-state index is 13.6. The molecule has 1 nitrogen and oxygen atoms in total. The monoisotopic (exact) mass is 239 g/mol. The normalized spacial score (nSPS) is 27.1. The van der Waals surface area contributed by atoms with Gasteiger partial charge < -0.3 is 5.32 Å². The molecule has 0 saturated carbocycles. The fourth-order valence-corrected chi connectivity index (χ4v) is 2.69. The standard InChI is InChI=1S/C13H12F3N/c14-11-4-3-10(12(15)13(11)16)7-5-8-1-2-9(6-7)17-8/h3-5,8-9,17H,1-2,6H2. The number of rotatable bonds is 1. The molecule has 0 amide bonds. The van der Waals surface area contributed by atoms with Crippen molar-refractivity contribution in [2.24, 2.45) is 0 Å². The Balaban J connectivity index is 2.03. The molecule has 2 bridgehead atoms. The van der Waals surface area contributed by atoms with E-state index < -0.39 is 17.5 Å². The summed E-state index contributed by atoms with van der Waals surface area (Å²) in [5.74, 6) is -3.59. The maximum Gasteiger partial charge on any atom is 0.195 e. The fourth-order valence-electron chi connectivity index (χ4n) is 2.69. The van der Waals surface area contributed by atoms with Gasteiger partial charge in [0.05, 0.1) is 0 Å². The van der Waals surface area contributed by atoms with Crippen molar-refractivity contribution in [2.75, 3.05) is 0 Å². The van der Waals surface area contributed by atoms with Crippen molar-refractivity contribution < 1.29 is 13.2 Å². The lowest BCUT2D eigenvalue weighted by atomic mass is 9.95. The molecule has 0 aromatic heterocycles. The maximum absolute atomic E-state index is 13.6. The van der Waals surface area contributed by atoms with E-state index in [1.165, 1.54) is 6.07 Å². The summed E-state index contributed by atoms with van der Waals surface area (Å²) in [5.41, 5.74) is 0.981. The number of nitrogens with one attached hydrogen (secondary N) is 1. The van der Waals surface area contributed by atoms with E-state index in [4.69, 9.17) is 0 Å². The first-order valence-electron chi connectivity index (χ1n) is 5.76. The Labute approximate surface area is 97.3 Å². The third-order valence-corrected chi connectivity index (χ3v) is 3.53. The zero-order valence-electron chi connectivity index (χ0n) is 9.14. The summed E-state index contributed by atoms with van der Waals surface area (Å²) in [5, 5.41) is 3.37. The second-order valence-corrected chi connectivity index (χ2v) is 4.67. The van der Waals surface area contributed by atoms with Gasteiger partial charge >= 0.3 is 0 Å². The van der Waals surface area contributed by atoms with Gasteiger partial charge in [-0.3, -0.25) is 0 Å². The summed E-state index contributed by atoms with van der Waals surface area (Å²) in [6.45, 7) is 0. The van der Waals surface area contributed by atoms with Crippen molar-refractivity contribution >= 4 is 5.57 Å². The van der Waals surface area contributed by atoms with E-state index in [2.05, 4.69) is 5.32 Å². The predicted molar refractivity (Wildman–Crippen MR) is 58.9 cm³/mol. The van der Waals surface area contributed by atoms with Gasteiger partial charge in [0.25, 0.3) is 0 Å². The van der Waals surface area contributed by atoms with E-state index in [9.17, 15) is 13.2 Å². The second kappa shape index (κ2) is 3.88.